The molecule has 1 rings (SSSR count). The van der Waals surface area contributed by atoms with E-state index in [4.69, 9.17) is 4.74 Å². The van der Waals surface area contributed by atoms with Crippen molar-refractivity contribution in [1.29, 1.82) is 0 Å². The van der Waals surface area contributed by atoms with Crippen molar-refractivity contribution < 1.29 is 9.53 Å². The molecule has 4 nitrogen and oxygen atoms in total. The molecule has 20 heavy (non-hydrogen) atoms. The summed E-state index contributed by atoms with van der Waals surface area (Å²) in [6, 6.07) is 0.487. The average molecular weight is 284 g/mol. The smallest absolute Gasteiger partial charge is 0.320 e. The van der Waals surface area contributed by atoms with Crippen LogP contribution in [0.15, 0.2) is 0 Å². The van der Waals surface area contributed by atoms with Gasteiger partial charge >= 0.3 is 5.97 Å². The molecule has 0 spiro atoms. The van der Waals surface area contributed by atoms with Gasteiger partial charge in [-0.25, -0.2) is 0 Å². The topological polar surface area (TPSA) is 41.6 Å². The van der Waals surface area contributed by atoms with Crippen LogP contribution in [0.5, 0.6) is 0 Å². The van der Waals surface area contributed by atoms with Gasteiger partial charge in [0.25, 0.3) is 0 Å². The van der Waals surface area contributed by atoms with Gasteiger partial charge in [-0.15, -0.1) is 0 Å². The molecule has 1 aliphatic heterocycles. The molecule has 0 amide bonds. The Kier molecular flexibility index (Phi) is 8.86. The molecule has 1 fully saturated rings. The minimum absolute atomic E-state index is 0.0609. The largest absolute Gasteiger partial charge is 0.465 e. The van der Waals surface area contributed by atoms with Crippen molar-refractivity contribution >= 4 is 5.97 Å². The molecule has 1 atom stereocenters. The maximum Gasteiger partial charge on any atom is 0.320 e. The Morgan fingerprint density at radius 2 is 2.20 bits per heavy atom. The van der Waals surface area contributed by atoms with E-state index in [-0.39, 0.29) is 5.97 Å². The summed E-state index contributed by atoms with van der Waals surface area (Å²) in [5, 5.41) is 3.52. The highest BCUT2D eigenvalue weighted by Crippen LogP contribution is 2.16. The molecule has 4 heteroatoms. The van der Waals surface area contributed by atoms with Crippen LogP contribution in [0.25, 0.3) is 0 Å². The molecule has 1 saturated heterocycles. The van der Waals surface area contributed by atoms with Crippen molar-refractivity contribution in [2.75, 3.05) is 32.8 Å². The summed E-state index contributed by atoms with van der Waals surface area (Å²) in [5.41, 5.74) is 0. The normalized spacial score (nSPS) is 20.3. The molecule has 1 unspecified atom stereocenters. The number of ether oxygens (including phenoxy) is 1. The summed E-state index contributed by atoms with van der Waals surface area (Å²) in [4.78, 5) is 14.1. The van der Waals surface area contributed by atoms with Crippen LogP contribution in [0.1, 0.15) is 52.9 Å². The van der Waals surface area contributed by atoms with E-state index in [1.54, 1.807) is 0 Å². The third kappa shape index (κ3) is 7.25. The summed E-state index contributed by atoms with van der Waals surface area (Å²) in [5.74, 6) is 0.611. The molecule has 0 aromatic rings. The lowest BCUT2D eigenvalue weighted by atomic mass is 10.0. The predicted octanol–water partition coefficient (Wildman–Crippen LogP) is 2.43. The Bertz CT molecular complexity index is 269. The van der Waals surface area contributed by atoms with Gasteiger partial charge < -0.3 is 10.1 Å². The van der Waals surface area contributed by atoms with Gasteiger partial charge in [-0.3, -0.25) is 9.69 Å². The van der Waals surface area contributed by atoms with Crippen LogP contribution in [0.4, 0.5) is 0 Å². The molecule has 1 aliphatic rings. The van der Waals surface area contributed by atoms with Gasteiger partial charge in [-0.2, -0.15) is 0 Å². The fourth-order valence-electron chi connectivity index (χ4n) is 2.58. The van der Waals surface area contributed by atoms with Gasteiger partial charge in [0.1, 0.15) is 0 Å². The minimum Gasteiger partial charge on any atom is -0.465 e. The molecule has 118 valence electrons. The van der Waals surface area contributed by atoms with Crippen molar-refractivity contribution in [1.82, 2.24) is 10.2 Å². The molecule has 0 radical (unpaired) electrons. The average Bonchev–Trinajstić information content (AvgIpc) is 2.40. The van der Waals surface area contributed by atoms with Gasteiger partial charge in [-0.05, 0) is 38.3 Å². The first-order chi connectivity index (χ1) is 9.63. The fraction of sp³-hybridized carbons (Fsp3) is 0.938. The SMILES string of the molecule is CCCCOC(=O)CN1CCCCC1CNCC(C)C. The van der Waals surface area contributed by atoms with Crippen molar-refractivity contribution in [3.63, 3.8) is 0 Å². The molecule has 0 aliphatic carbocycles. The number of nitrogens with one attached hydrogen (secondary N) is 1. The maximum absolute atomic E-state index is 11.8. The van der Waals surface area contributed by atoms with E-state index < -0.39 is 0 Å². The van der Waals surface area contributed by atoms with Crippen LogP contribution in [-0.4, -0.2) is 49.7 Å². The Morgan fingerprint density at radius 3 is 2.90 bits per heavy atom. The highest BCUT2D eigenvalue weighted by atomic mass is 16.5. The van der Waals surface area contributed by atoms with E-state index in [1.165, 1.54) is 19.3 Å². The van der Waals surface area contributed by atoms with E-state index >= 15 is 0 Å². The first-order valence-corrected chi connectivity index (χ1v) is 8.23. The molecular weight excluding hydrogens is 252 g/mol. The van der Waals surface area contributed by atoms with Crippen LogP contribution >= 0.6 is 0 Å². The lowest BCUT2D eigenvalue weighted by molar-refractivity contribution is -0.146. The maximum atomic E-state index is 11.8. The molecule has 0 saturated carbocycles. The standard InChI is InChI=1S/C16H32N2O2/c1-4-5-10-20-16(19)13-18-9-7-6-8-15(18)12-17-11-14(2)3/h14-15,17H,4-13H2,1-3H3. The van der Waals surface area contributed by atoms with Gasteiger partial charge in [0.2, 0.25) is 0 Å². The quantitative estimate of drug-likeness (QED) is 0.521. The number of piperidine rings is 1. The summed E-state index contributed by atoms with van der Waals surface area (Å²) in [6.07, 6.45) is 5.69. The molecule has 1 N–H and O–H groups in total. The van der Waals surface area contributed by atoms with Crippen LogP contribution in [0.3, 0.4) is 0 Å². The lowest BCUT2D eigenvalue weighted by Gasteiger charge is -2.35. The van der Waals surface area contributed by atoms with Gasteiger partial charge in [0.05, 0.1) is 13.2 Å². The van der Waals surface area contributed by atoms with Crippen LogP contribution in [0, 0.1) is 5.92 Å². The van der Waals surface area contributed by atoms with Gasteiger partial charge in [0.15, 0.2) is 0 Å². The van der Waals surface area contributed by atoms with Crippen LogP contribution in [-0.2, 0) is 9.53 Å². The molecular formula is C16H32N2O2. The number of rotatable bonds is 9. The summed E-state index contributed by atoms with van der Waals surface area (Å²) >= 11 is 0. The van der Waals surface area contributed by atoms with Crippen molar-refractivity contribution in [2.45, 2.75) is 58.9 Å². The highest BCUT2D eigenvalue weighted by Gasteiger charge is 2.24. The zero-order chi connectivity index (χ0) is 14.8. The molecule has 0 bridgehead atoms. The van der Waals surface area contributed by atoms with E-state index in [1.807, 2.05) is 0 Å². The third-order valence-corrected chi connectivity index (χ3v) is 3.77. The second-order valence-electron chi connectivity index (χ2n) is 6.25. The van der Waals surface area contributed by atoms with Crippen molar-refractivity contribution in [2.24, 2.45) is 5.92 Å². The Labute approximate surface area is 124 Å². The molecule has 0 aromatic heterocycles. The second kappa shape index (κ2) is 10.2. The second-order valence-corrected chi connectivity index (χ2v) is 6.25. The first kappa shape index (κ1) is 17.4. The fourth-order valence-corrected chi connectivity index (χ4v) is 2.58. The van der Waals surface area contributed by atoms with E-state index in [9.17, 15) is 4.79 Å². The number of hydrogen-bond acceptors (Lipinski definition) is 4. The van der Waals surface area contributed by atoms with Crippen molar-refractivity contribution in [3.8, 4) is 0 Å². The first-order valence-electron chi connectivity index (χ1n) is 8.23. The number of carbonyl (C=O) groups excluding carboxylic acids is 1. The summed E-state index contributed by atoms with van der Waals surface area (Å²) < 4.78 is 5.28. The zero-order valence-corrected chi connectivity index (χ0v) is 13.5. The van der Waals surface area contributed by atoms with Gasteiger partial charge in [0, 0.05) is 12.6 Å². The predicted molar refractivity (Wildman–Crippen MR) is 82.8 cm³/mol. The zero-order valence-electron chi connectivity index (χ0n) is 13.5. The minimum atomic E-state index is -0.0609. The molecule has 0 aromatic carbocycles. The number of carbonyl (C=O) groups is 1. The summed E-state index contributed by atoms with van der Waals surface area (Å²) in [6.45, 7) is 10.6. The number of esters is 1. The number of hydrogen-bond donors (Lipinski definition) is 1. The Hall–Kier alpha value is -0.610. The van der Waals surface area contributed by atoms with Crippen LogP contribution in [0.2, 0.25) is 0 Å². The van der Waals surface area contributed by atoms with Gasteiger partial charge in [-0.1, -0.05) is 33.6 Å². The van der Waals surface area contributed by atoms with E-state index in [2.05, 4.69) is 31.0 Å². The molecule has 1 heterocycles. The number of likely N-dealkylation sites (tertiary alicyclic amines) is 1. The third-order valence-electron chi connectivity index (χ3n) is 3.77. The van der Waals surface area contributed by atoms with Crippen molar-refractivity contribution in [3.05, 3.63) is 0 Å². The van der Waals surface area contributed by atoms with Crippen LogP contribution < -0.4 is 5.32 Å². The van der Waals surface area contributed by atoms with E-state index in [0.717, 1.165) is 32.5 Å². The Balaban J connectivity index is 2.29. The number of nitrogens with zero attached hydrogens (tertiary/aromatic N) is 1. The summed E-state index contributed by atoms with van der Waals surface area (Å²) in [7, 11) is 0. The van der Waals surface area contributed by atoms with E-state index in [0.29, 0.717) is 25.1 Å². The highest BCUT2D eigenvalue weighted by molar-refractivity contribution is 5.71. The lowest BCUT2D eigenvalue weighted by Crippen LogP contribution is -2.48. The monoisotopic (exact) mass is 284 g/mol. The number of unbranched alkanes of at least 4 members (excludes halogenated alkanes) is 1. The Morgan fingerprint density at radius 1 is 1.40 bits per heavy atom.